The lowest BCUT2D eigenvalue weighted by atomic mass is 10.2. The predicted molar refractivity (Wildman–Crippen MR) is 64.5 cm³/mol. The molecule has 0 saturated heterocycles. The van der Waals surface area contributed by atoms with Gasteiger partial charge in [-0.1, -0.05) is 0 Å². The summed E-state index contributed by atoms with van der Waals surface area (Å²) < 4.78 is 12.9. The maximum Gasteiger partial charge on any atom is 0.321 e. The molecule has 0 heterocycles. The number of aliphatic hydroxyl groups is 1. The van der Waals surface area contributed by atoms with Crippen molar-refractivity contribution in [2.75, 3.05) is 25.0 Å². The van der Waals surface area contributed by atoms with Gasteiger partial charge in [0.1, 0.15) is 11.9 Å². The van der Waals surface area contributed by atoms with Crippen LogP contribution in [-0.4, -0.2) is 35.7 Å². The van der Waals surface area contributed by atoms with Gasteiger partial charge in [0.2, 0.25) is 0 Å². The molecule has 1 rings (SSSR count). The molecule has 0 aromatic heterocycles. The molecule has 0 aliphatic heterocycles. The number of hydrogen-bond acceptors (Lipinski definition) is 3. The van der Waals surface area contributed by atoms with Crippen LogP contribution in [0.2, 0.25) is 0 Å². The van der Waals surface area contributed by atoms with Gasteiger partial charge in [-0.2, -0.15) is 5.26 Å². The van der Waals surface area contributed by atoms with E-state index in [0.29, 0.717) is 6.54 Å². The number of nitrogens with one attached hydrogen (secondary N) is 1. The number of benzene rings is 1. The van der Waals surface area contributed by atoms with Crippen LogP contribution in [0, 0.1) is 17.1 Å². The number of rotatable bonds is 4. The van der Waals surface area contributed by atoms with Crippen LogP contribution in [0.25, 0.3) is 0 Å². The highest BCUT2D eigenvalue weighted by Gasteiger charge is 2.13. The maximum absolute atomic E-state index is 12.9. The number of amides is 2. The predicted octanol–water partition coefficient (Wildman–Crippen LogP) is 1.54. The third kappa shape index (κ3) is 3.43. The molecule has 0 unspecified atom stereocenters. The minimum atomic E-state index is -0.535. The number of carbonyl (C=O) groups is 1. The molecule has 0 spiro atoms. The Morgan fingerprint density at radius 1 is 1.61 bits per heavy atom. The molecule has 1 aromatic rings. The lowest BCUT2D eigenvalue weighted by molar-refractivity contribution is 0.192. The fourth-order valence-corrected chi connectivity index (χ4v) is 1.44. The van der Waals surface area contributed by atoms with Gasteiger partial charge in [-0.25, -0.2) is 9.18 Å². The molecule has 2 amide bonds. The minimum Gasteiger partial charge on any atom is -0.395 e. The van der Waals surface area contributed by atoms with Crippen molar-refractivity contribution >= 4 is 11.7 Å². The highest BCUT2D eigenvalue weighted by atomic mass is 19.1. The molecule has 0 radical (unpaired) electrons. The van der Waals surface area contributed by atoms with Gasteiger partial charge in [0.15, 0.2) is 0 Å². The number of nitriles is 1. The van der Waals surface area contributed by atoms with Crippen LogP contribution in [-0.2, 0) is 0 Å². The van der Waals surface area contributed by atoms with E-state index < -0.39 is 11.8 Å². The average molecular weight is 251 g/mol. The van der Waals surface area contributed by atoms with Gasteiger partial charge < -0.3 is 15.3 Å². The van der Waals surface area contributed by atoms with Gasteiger partial charge >= 0.3 is 6.03 Å². The SMILES string of the molecule is CCN(CCO)C(=O)Nc1ccc(F)cc1C#N. The van der Waals surface area contributed by atoms with Crippen molar-refractivity contribution in [1.29, 1.82) is 5.26 Å². The molecule has 0 bridgehead atoms. The zero-order valence-electron chi connectivity index (χ0n) is 9.98. The largest absolute Gasteiger partial charge is 0.395 e. The first-order valence-electron chi connectivity index (χ1n) is 5.48. The zero-order valence-corrected chi connectivity index (χ0v) is 9.98. The number of urea groups is 1. The van der Waals surface area contributed by atoms with E-state index >= 15 is 0 Å². The second-order valence-corrected chi connectivity index (χ2v) is 3.54. The number of halogens is 1. The van der Waals surface area contributed by atoms with E-state index in [9.17, 15) is 9.18 Å². The smallest absolute Gasteiger partial charge is 0.321 e. The Morgan fingerprint density at radius 3 is 2.89 bits per heavy atom. The Kier molecular flexibility index (Phi) is 5.08. The molecule has 18 heavy (non-hydrogen) atoms. The number of carbonyl (C=O) groups excluding carboxylic acids is 1. The van der Waals surface area contributed by atoms with Crippen LogP contribution < -0.4 is 5.32 Å². The molecule has 6 heteroatoms. The van der Waals surface area contributed by atoms with Crippen molar-refractivity contribution in [2.45, 2.75) is 6.92 Å². The van der Waals surface area contributed by atoms with Crippen molar-refractivity contribution in [3.8, 4) is 6.07 Å². The lowest BCUT2D eigenvalue weighted by Crippen LogP contribution is -2.37. The molecule has 0 fully saturated rings. The lowest BCUT2D eigenvalue weighted by Gasteiger charge is -2.20. The topological polar surface area (TPSA) is 76.4 Å². The Balaban J connectivity index is 2.84. The summed E-state index contributed by atoms with van der Waals surface area (Å²) in [5.41, 5.74) is 0.309. The molecule has 0 aliphatic carbocycles. The first-order chi connectivity index (χ1) is 8.62. The Hall–Kier alpha value is -2.13. The summed E-state index contributed by atoms with van der Waals surface area (Å²) in [4.78, 5) is 13.2. The highest BCUT2D eigenvalue weighted by Crippen LogP contribution is 2.16. The number of hydrogen-bond donors (Lipinski definition) is 2. The van der Waals surface area contributed by atoms with Gasteiger partial charge in [-0.3, -0.25) is 0 Å². The van der Waals surface area contributed by atoms with Crippen LogP contribution in [0.5, 0.6) is 0 Å². The monoisotopic (exact) mass is 251 g/mol. The summed E-state index contributed by atoms with van der Waals surface area (Å²) in [5.74, 6) is -0.535. The van der Waals surface area contributed by atoms with Gasteiger partial charge in [0, 0.05) is 13.1 Å². The Labute approximate surface area is 104 Å². The van der Waals surface area contributed by atoms with Crippen LogP contribution >= 0.6 is 0 Å². The van der Waals surface area contributed by atoms with E-state index in [4.69, 9.17) is 10.4 Å². The number of anilines is 1. The van der Waals surface area contributed by atoms with E-state index in [1.807, 2.05) is 6.07 Å². The normalized spacial score (nSPS) is 9.67. The summed E-state index contributed by atoms with van der Waals surface area (Å²) >= 11 is 0. The van der Waals surface area contributed by atoms with Gasteiger partial charge in [0.25, 0.3) is 0 Å². The molecule has 0 aliphatic rings. The summed E-state index contributed by atoms with van der Waals surface area (Å²) in [6.07, 6.45) is 0. The van der Waals surface area contributed by atoms with Gasteiger partial charge in [-0.15, -0.1) is 0 Å². The molecular formula is C12H14FN3O2. The molecule has 0 saturated carbocycles. The Morgan fingerprint density at radius 2 is 2.33 bits per heavy atom. The first kappa shape index (κ1) is 13.9. The van der Waals surface area contributed by atoms with Crippen molar-refractivity contribution in [3.05, 3.63) is 29.6 Å². The fourth-order valence-electron chi connectivity index (χ4n) is 1.44. The number of nitrogens with zero attached hydrogens (tertiary/aromatic N) is 2. The summed E-state index contributed by atoms with van der Waals surface area (Å²) in [6.45, 7) is 2.25. The fraction of sp³-hybridized carbons (Fsp3) is 0.333. The van der Waals surface area contributed by atoms with Crippen molar-refractivity contribution in [1.82, 2.24) is 4.90 Å². The van der Waals surface area contributed by atoms with Crippen molar-refractivity contribution < 1.29 is 14.3 Å². The van der Waals surface area contributed by atoms with Crippen LogP contribution in [0.15, 0.2) is 18.2 Å². The minimum absolute atomic E-state index is 0.0587. The summed E-state index contributed by atoms with van der Waals surface area (Å²) in [6, 6.07) is 4.92. The quantitative estimate of drug-likeness (QED) is 0.852. The average Bonchev–Trinajstić information content (AvgIpc) is 2.37. The summed E-state index contributed by atoms with van der Waals surface area (Å²) in [5, 5.41) is 20.1. The second-order valence-electron chi connectivity index (χ2n) is 3.54. The number of likely N-dealkylation sites (N-methyl/N-ethyl adjacent to an activating group) is 1. The van der Waals surface area contributed by atoms with E-state index in [0.717, 1.165) is 6.07 Å². The number of aliphatic hydroxyl groups excluding tert-OH is 1. The molecule has 2 N–H and O–H groups in total. The highest BCUT2D eigenvalue weighted by molar-refractivity contribution is 5.90. The van der Waals surface area contributed by atoms with E-state index in [1.54, 1.807) is 6.92 Å². The maximum atomic E-state index is 12.9. The van der Waals surface area contributed by atoms with Gasteiger partial charge in [0.05, 0.1) is 17.9 Å². The standard InChI is InChI=1S/C12H14FN3O2/c1-2-16(5-6-17)12(18)15-11-4-3-10(13)7-9(11)8-14/h3-4,7,17H,2,5-6H2,1H3,(H,15,18). The summed E-state index contributed by atoms with van der Waals surface area (Å²) in [7, 11) is 0. The van der Waals surface area contributed by atoms with E-state index in [1.165, 1.54) is 17.0 Å². The third-order valence-electron chi connectivity index (χ3n) is 2.38. The first-order valence-corrected chi connectivity index (χ1v) is 5.48. The van der Waals surface area contributed by atoms with Gasteiger partial charge in [-0.05, 0) is 25.1 Å². The molecular weight excluding hydrogens is 237 g/mol. The van der Waals surface area contributed by atoms with Crippen LogP contribution in [0.3, 0.4) is 0 Å². The zero-order chi connectivity index (χ0) is 13.5. The second kappa shape index (κ2) is 6.57. The third-order valence-corrected chi connectivity index (χ3v) is 2.38. The molecule has 0 atom stereocenters. The molecule has 96 valence electrons. The Bertz CT molecular complexity index is 471. The molecule has 1 aromatic carbocycles. The van der Waals surface area contributed by atoms with Crippen molar-refractivity contribution in [2.24, 2.45) is 0 Å². The van der Waals surface area contributed by atoms with Crippen LogP contribution in [0.4, 0.5) is 14.9 Å². The van der Waals surface area contributed by atoms with E-state index in [-0.39, 0.29) is 24.4 Å². The van der Waals surface area contributed by atoms with Crippen LogP contribution in [0.1, 0.15) is 12.5 Å². The van der Waals surface area contributed by atoms with Crippen molar-refractivity contribution in [3.63, 3.8) is 0 Å². The van der Waals surface area contributed by atoms with E-state index in [2.05, 4.69) is 5.32 Å². The molecule has 5 nitrogen and oxygen atoms in total.